The zero-order valence-electron chi connectivity index (χ0n) is 14.5. The Morgan fingerprint density at radius 3 is 2.68 bits per heavy atom. The second-order valence-corrected chi connectivity index (χ2v) is 6.10. The van der Waals surface area contributed by atoms with Crippen molar-refractivity contribution in [1.82, 2.24) is 0 Å². The average Bonchev–Trinajstić information content (AvgIpc) is 2.92. The Balaban J connectivity index is 1.69. The molecular weight excluding hydrogens is 316 g/mol. The minimum absolute atomic E-state index is 0.0633. The average molecular weight is 338 g/mol. The molecule has 1 unspecified atom stereocenters. The fraction of sp³-hybridized carbons (Fsp3) is 0.300. The molecule has 2 aromatic rings. The van der Waals surface area contributed by atoms with Crippen molar-refractivity contribution in [3.8, 4) is 5.75 Å². The number of benzene rings is 2. The van der Waals surface area contributed by atoms with Gasteiger partial charge in [-0.2, -0.15) is 0 Å². The summed E-state index contributed by atoms with van der Waals surface area (Å²) in [5.74, 6) is 0.0725. The number of carbonyl (C=O) groups is 2. The van der Waals surface area contributed by atoms with Crippen LogP contribution in [0.2, 0.25) is 0 Å². The van der Waals surface area contributed by atoms with E-state index < -0.39 is 0 Å². The van der Waals surface area contributed by atoms with Gasteiger partial charge in [0.05, 0.1) is 12.3 Å². The summed E-state index contributed by atoms with van der Waals surface area (Å²) in [6.45, 7) is 4.39. The summed E-state index contributed by atoms with van der Waals surface area (Å²) < 4.78 is 5.50. The first-order valence-electron chi connectivity index (χ1n) is 8.51. The fourth-order valence-electron chi connectivity index (χ4n) is 3.21. The van der Waals surface area contributed by atoms with E-state index in [-0.39, 0.29) is 24.3 Å². The van der Waals surface area contributed by atoms with Crippen molar-refractivity contribution >= 4 is 23.2 Å². The number of amides is 2. The number of anilines is 2. The number of nitrogens with one attached hydrogen (secondary N) is 1. The maximum absolute atomic E-state index is 12.7. The first-order valence-corrected chi connectivity index (χ1v) is 8.51. The van der Waals surface area contributed by atoms with Crippen molar-refractivity contribution in [3.05, 3.63) is 54.1 Å². The van der Waals surface area contributed by atoms with Gasteiger partial charge < -0.3 is 15.0 Å². The van der Waals surface area contributed by atoms with Gasteiger partial charge in [-0.25, -0.2) is 0 Å². The van der Waals surface area contributed by atoms with Crippen molar-refractivity contribution in [3.63, 3.8) is 0 Å². The summed E-state index contributed by atoms with van der Waals surface area (Å²) in [5, 5.41) is 2.78. The second-order valence-electron chi connectivity index (χ2n) is 6.10. The van der Waals surface area contributed by atoms with Gasteiger partial charge in [-0.05, 0) is 44.0 Å². The van der Waals surface area contributed by atoms with Gasteiger partial charge in [0, 0.05) is 11.7 Å². The molecule has 1 heterocycles. The minimum atomic E-state index is -0.339. The number of rotatable bonds is 5. The number of hydrogen-bond acceptors (Lipinski definition) is 3. The number of ether oxygens (including phenoxy) is 1. The van der Waals surface area contributed by atoms with Crippen LogP contribution < -0.4 is 15.0 Å². The lowest BCUT2D eigenvalue weighted by atomic mass is 10.1. The molecular formula is C20H22N2O3. The highest BCUT2D eigenvalue weighted by Crippen LogP contribution is 2.32. The molecule has 0 fully saturated rings. The highest BCUT2D eigenvalue weighted by Gasteiger charge is 2.31. The van der Waals surface area contributed by atoms with E-state index in [0.717, 1.165) is 17.7 Å². The van der Waals surface area contributed by atoms with Crippen LogP contribution in [-0.2, 0) is 16.0 Å². The summed E-state index contributed by atoms with van der Waals surface area (Å²) in [4.78, 5) is 26.7. The van der Waals surface area contributed by atoms with Crippen LogP contribution >= 0.6 is 0 Å². The van der Waals surface area contributed by atoms with Crippen LogP contribution in [0.4, 0.5) is 11.4 Å². The fourth-order valence-corrected chi connectivity index (χ4v) is 3.21. The lowest BCUT2D eigenvalue weighted by Gasteiger charge is -2.22. The molecule has 1 aliphatic heterocycles. The van der Waals surface area contributed by atoms with Crippen molar-refractivity contribution in [2.45, 2.75) is 32.7 Å². The van der Waals surface area contributed by atoms with Crippen molar-refractivity contribution in [1.29, 1.82) is 0 Å². The van der Waals surface area contributed by atoms with E-state index in [1.807, 2.05) is 50.2 Å². The van der Waals surface area contributed by atoms with Crippen LogP contribution in [0.3, 0.4) is 0 Å². The van der Waals surface area contributed by atoms with Gasteiger partial charge in [0.1, 0.15) is 12.2 Å². The van der Waals surface area contributed by atoms with E-state index in [1.165, 1.54) is 0 Å². The summed E-state index contributed by atoms with van der Waals surface area (Å²) in [6.07, 6.45) is 0.621. The number of fused-ring (bicyclic) bond motifs is 1. The molecule has 5 heteroatoms. The van der Waals surface area contributed by atoms with Gasteiger partial charge in [-0.15, -0.1) is 0 Å². The topological polar surface area (TPSA) is 58.6 Å². The van der Waals surface area contributed by atoms with Crippen LogP contribution in [0, 0.1) is 0 Å². The van der Waals surface area contributed by atoms with Crippen LogP contribution in [0.15, 0.2) is 48.5 Å². The highest BCUT2D eigenvalue weighted by atomic mass is 16.5. The molecule has 1 aliphatic rings. The molecule has 2 aromatic carbocycles. The van der Waals surface area contributed by atoms with Crippen molar-refractivity contribution < 1.29 is 14.3 Å². The van der Waals surface area contributed by atoms with Gasteiger partial charge in [-0.3, -0.25) is 9.59 Å². The predicted molar refractivity (Wildman–Crippen MR) is 98.0 cm³/mol. The predicted octanol–water partition coefficient (Wildman–Crippen LogP) is 3.39. The molecule has 0 spiro atoms. The zero-order chi connectivity index (χ0) is 17.8. The third kappa shape index (κ3) is 3.65. The lowest BCUT2D eigenvalue weighted by molar-refractivity contribution is -0.125. The Morgan fingerprint density at radius 2 is 1.88 bits per heavy atom. The maximum atomic E-state index is 12.7. The van der Waals surface area contributed by atoms with Gasteiger partial charge in [0.25, 0.3) is 0 Å². The smallest absolute Gasteiger partial charge is 0.236 e. The van der Waals surface area contributed by atoms with E-state index in [1.54, 1.807) is 17.0 Å². The molecule has 0 bridgehead atoms. The minimum Gasteiger partial charge on any atom is -0.492 e. The molecule has 0 saturated carbocycles. The molecule has 0 radical (unpaired) electrons. The van der Waals surface area contributed by atoms with E-state index >= 15 is 0 Å². The van der Waals surface area contributed by atoms with E-state index in [0.29, 0.717) is 18.0 Å². The molecule has 130 valence electrons. The number of carbonyl (C=O) groups excluding carboxylic acids is 2. The Bertz CT molecular complexity index is 788. The molecule has 1 atom stereocenters. The van der Waals surface area contributed by atoms with E-state index in [2.05, 4.69) is 5.32 Å². The van der Waals surface area contributed by atoms with Gasteiger partial charge in [-0.1, -0.05) is 30.3 Å². The highest BCUT2D eigenvalue weighted by molar-refractivity contribution is 6.10. The number of nitrogens with zero attached hydrogens (tertiary/aromatic N) is 1. The molecule has 0 saturated heterocycles. The molecule has 3 rings (SSSR count). The van der Waals surface area contributed by atoms with Gasteiger partial charge in [0.2, 0.25) is 11.8 Å². The molecule has 0 aromatic heterocycles. The van der Waals surface area contributed by atoms with Crippen molar-refractivity contribution in [2.24, 2.45) is 0 Å². The molecule has 1 N–H and O–H groups in total. The Labute approximate surface area is 147 Å². The lowest BCUT2D eigenvalue weighted by Crippen LogP contribution is -2.37. The Hall–Kier alpha value is -2.82. The monoisotopic (exact) mass is 338 g/mol. The van der Waals surface area contributed by atoms with Crippen LogP contribution in [0.1, 0.15) is 25.8 Å². The Morgan fingerprint density at radius 1 is 1.16 bits per heavy atom. The normalized spacial score (nSPS) is 15.6. The summed E-state index contributed by atoms with van der Waals surface area (Å²) in [7, 11) is 0. The van der Waals surface area contributed by atoms with Gasteiger partial charge in [0.15, 0.2) is 0 Å². The van der Waals surface area contributed by atoms with Gasteiger partial charge >= 0.3 is 0 Å². The SMILES string of the molecule is CCOc1ccccc1NC(=O)CC(=O)N1c2ccccc2CC1C. The number of para-hydroxylation sites is 3. The molecule has 2 amide bonds. The van der Waals surface area contributed by atoms with Crippen LogP contribution in [0.25, 0.3) is 0 Å². The van der Waals surface area contributed by atoms with E-state index in [4.69, 9.17) is 4.74 Å². The van der Waals surface area contributed by atoms with Crippen molar-refractivity contribution in [2.75, 3.05) is 16.8 Å². The molecule has 25 heavy (non-hydrogen) atoms. The first kappa shape index (κ1) is 17.0. The summed E-state index contributed by atoms with van der Waals surface area (Å²) in [5.41, 5.74) is 2.63. The summed E-state index contributed by atoms with van der Waals surface area (Å²) >= 11 is 0. The summed E-state index contributed by atoms with van der Waals surface area (Å²) in [6, 6.07) is 15.1. The third-order valence-corrected chi connectivity index (χ3v) is 4.25. The standard InChI is InChI=1S/C20H22N2O3/c1-3-25-18-11-7-5-9-16(18)21-19(23)13-20(24)22-14(2)12-15-8-4-6-10-17(15)22/h4-11,14H,3,12-13H2,1-2H3,(H,21,23). The number of hydrogen-bond donors (Lipinski definition) is 1. The molecule has 5 nitrogen and oxygen atoms in total. The quantitative estimate of drug-likeness (QED) is 0.850. The maximum Gasteiger partial charge on any atom is 0.236 e. The second kappa shape index (κ2) is 7.38. The zero-order valence-corrected chi connectivity index (χ0v) is 14.5. The van der Waals surface area contributed by atoms with Crippen LogP contribution in [-0.4, -0.2) is 24.5 Å². The Kier molecular flexibility index (Phi) is 5.03. The first-order chi connectivity index (χ1) is 12.1. The largest absolute Gasteiger partial charge is 0.492 e. The van der Waals surface area contributed by atoms with E-state index in [9.17, 15) is 9.59 Å². The molecule has 0 aliphatic carbocycles. The third-order valence-electron chi connectivity index (χ3n) is 4.25. The van der Waals surface area contributed by atoms with Crippen LogP contribution in [0.5, 0.6) is 5.75 Å².